The summed E-state index contributed by atoms with van der Waals surface area (Å²) in [4.78, 5) is 12.0. The summed E-state index contributed by atoms with van der Waals surface area (Å²) in [6.07, 6.45) is 9.26. The van der Waals surface area contributed by atoms with Crippen molar-refractivity contribution < 1.29 is 9.90 Å². The van der Waals surface area contributed by atoms with Gasteiger partial charge in [0, 0.05) is 0 Å². The molecule has 0 aliphatic heterocycles. The molecular formula is C20H28O2. The molecule has 120 valence electrons. The maximum absolute atomic E-state index is 12.0. The van der Waals surface area contributed by atoms with Crippen LogP contribution in [0.1, 0.15) is 58.8 Å². The Balaban J connectivity index is 1.76. The van der Waals surface area contributed by atoms with Crippen molar-refractivity contribution in [3.8, 4) is 0 Å². The molecule has 3 saturated carbocycles. The van der Waals surface area contributed by atoms with Crippen molar-refractivity contribution in [3.05, 3.63) is 23.8 Å². The Morgan fingerprint density at radius 2 is 2.00 bits per heavy atom. The highest BCUT2D eigenvalue weighted by atomic mass is 16.3. The van der Waals surface area contributed by atoms with Gasteiger partial charge in [-0.15, -0.1) is 0 Å². The van der Waals surface area contributed by atoms with Gasteiger partial charge in [0.1, 0.15) is 6.10 Å². The van der Waals surface area contributed by atoms with Crippen LogP contribution in [0.2, 0.25) is 0 Å². The van der Waals surface area contributed by atoms with Crippen LogP contribution >= 0.6 is 0 Å². The van der Waals surface area contributed by atoms with E-state index in [0.717, 1.165) is 17.9 Å². The molecule has 6 atom stereocenters. The van der Waals surface area contributed by atoms with Crippen LogP contribution in [-0.4, -0.2) is 17.0 Å². The van der Waals surface area contributed by atoms with Crippen molar-refractivity contribution in [1.29, 1.82) is 0 Å². The van der Waals surface area contributed by atoms with E-state index in [1.807, 2.05) is 0 Å². The highest BCUT2D eigenvalue weighted by Gasteiger charge is 2.57. The molecule has 0 saturated heterocycles. The molecule has 0 bridgehead atoms. The van der Waals surface area contributed by atoms with Crippen molar-refractivity contribution in [2.45, 2.75) is 64.9 Å². The number of aliphatic hydroxyl groups is 1. The Morgan fingerprint density at radius 1 is 1.23 bits per heavy atom. The van der Waals surface area contributed by atoms with Gasteiger partial charge >= 0.3 is 0 Å². The lowest BCUT2D eigenvalue weighted by Gasteiger charge is -2.58. The molecule has 0 spiro atoms. The summed E-state index contributed by atoms with van der Waals surface area (Å²) in [5.41, 5.74) is 2.81. The zero-order valence-electron chi connectivity index (χ0n) is 13.9. The lowest BCUT2D eigenvalue weighted by atomic mass is 9.46. The smallest absolute Gasteiger partial charge is 0.184 e. The molecule has 4 rings (SSSR count). The third-order valence-electron chi connectivity index (χ3n) is 7.75. The van der Waals surface area contributed by atoms with Gasteiger partial charge in [-0.25, -0.2) is 0 Å². The van der Waals surface area contributed by atoms with E-state index in [1.165, 1.54) is 37.7 Å². The van der Waals surface area contributed by atoms with Crippen LogP contribution in [0.25, 0.3) is 0 Å². The molecule has 0 amide bonds. The normalized spacial score (nSPS) is 51.0. The molecule has 3 fully saturated rings. The maximum Gasteiger partial charge on any atom is 0.184 e. The summed E-state index contributed by atoms with van der Waals surface area (Å²) in [7, 11) is 0. The molecule has 22 heavy (non-hydrogen) atoms. The lowest BCUT2D eigenvalue weighted by Crippen LogP contribution is -2.51. The first-order valence-corrected chi connectivity index (χ1v) is 8.97. The third kappa shape index (κ3) is 1.79. The summed E-state index contributed by atoms with van der Waals surface area (Å²) in [6, 6.07) is 0. The van der Waals surface area contributed by atoms with Crippen LogP contribution in [0.5, 0.6) is 0 Å². The van der Waals surface area contributed by atoms with Gasteiger partial charge in [-0.2, -0.15) is 0 Å². The third-order valence-corrected chi connectivity index (χ3v) is 7.75. The summed E-state index contributed by atoms with van der Waals surface area (Å²) in [5.74, 6) is 2.02. The number of hydrogen-bond donors (Lipinski definition) is 1. The molecule has 4 aliphatic rings. The van der Waals surface area contributed by atoms with E-state index in [4.69, 9.17) is 0 Å². The van der Waals surface area contributed by atoms with Gasteiger partial charge in [-0.1, -0.05) is 32.4 Å². The topological polar surface area (TPSA) is 37.3 Å². The van der Waals surface area contributed by atoms with E-state index < -0.39 is 6.10 Å². The number of carbonyl (C=O) groups excluding carboxylic acids is 1. The van der Waals surface area contributed by atoms with E-state index in [-0.39, 0.29) is 11.2 Å². The Kier molecular flexibility index (Phi) is 3.05. The molecule has 1 N–H and O–H groups in total. The Morgan fingerprint density at radius 3 is 2.77 bits per heavy atom. The van der Waals surface area contributed by atoms with Crippen LogP contribution in [0.15, 0.2) is 23.8 Å². The molecule has 4 aliphatic carbocycles. The highest BCUT2D eigenvalue weighted by Crippen LogP contribution is 2.65. The predicted octanol–water partition coefficient (Wildman–Crippen LogP) is 4.05. The van der Waals surface area contributed by atoms with E-state index in [9.17, 15) is 9.90 Å². The van der Waals surface area contributed by atoms with Crippen molar-refractivity contribution in [3.63, 3.8) is 0 Å². The van der Waals surface area contributed by atoms with Gasteiger partial charge in [-0.3, -0.25) is 4.79 Å². The first-order chi connectivity index (χ1) is 10.3. The summed E-state index contributed by atoms with van der Waals surface area (Å²) in [5, 5.41) is 10.2. The number of rotatable bonds is 0. The van der Waals surface area contributed by atoms with Gasteiger partial charge in [0.2, 0.25) is 0 Å². The molecule has 2 heteroatoms. The van der Waals surface area contributed by atoms with Crippen LogP contribution in [0, 0.1) is 28.6 Å². The number of allylic oxidation sites excluding steroid dienone is 2. The van der Waals surface area contributed by atoms with Gasteiger partial charge in [0.25, 0.3) is 0 Å². The zero-order valence-corrected chi connectivity index (χ0v) is 13.9. The summed E-state index contributed by atoms with van der Waals surface area (Å²) >= 11 is 0. The SMILES string of the molecule is C=C1C[C@@H]2[C@@H](CC[C@]3(C)CCC[C@@H]23)[C@@]2(C)CC(O)C(=O)C=C12. The number of carbonyl (C=O) groups is 1. The fourth-order valence-corrected chi connectivity index (χ4v) is 6.62. The standard InChI is InChI=1S/C20H28O2/c1-12-9-13-14-5-4-7-19(14,2)8-6-15(13)20(3)11-18(22)17(21)10-16(12)20/h10,13-15,18,22H,1,4-9,11H2,2-3H3/t13-,14-,15+,18?,19-,20+/m0/s1. The van der Waals surface area contributed by atoms with Crippen LogP contribution < -0.4 is 0 Å². The average molecular weight is 300 g/mol. The molecule has 0 radical (unpaired) electrons. The van der Waals surface area contributed by atoms with E-state index in [1.54, 1.807) is 6.08 Å². The average Bonchev–Trinajstić information content (AvgIpc) is 2.84. The Hall–Kier alpha value is -0.890. The quantitative estimate of drug-likeness (QED) is 0.733. The number of fused-ring (bicyclic) bond motifs is 5. The van der Waals surface area contributed by atoms with Gasteiger partial charge in [0.05, 0.1) is 0 Å². The largest absolute Gasteiger partial charge is 0.385 e. The molecule has 0 aromatic rings. The van der Waals surface area contributed by atoms with E-state index in [0.29, 0.717) is 23.7 Å². The zero-order chi connectivity index (χ0) is 15.7. The number of hydrogen-bond acceptors (Lipinski definition) is 2. The first-order valence-electron chi connectivity index (χ1n) is 8.97. The van der Waals surface area contributed by atoms with Gasteiger partial charge in [-0.05, 0) is 78.8 Å². The predicted molar refractivity (Wildman–Crippen MR) is 87.2 cm³/mol. The van der Waals surface area contributed by atoms with Crippen LogP contribution in [-0.2, 0) is 4.79 Å². The number of ketones is 1. The molecule has 0 heterocycles. The fourth-order valence-electron chi connectivity index (χ4n) is 6.62. The van der Waals surface area contributed by atoms with Crippen molar-refractivity contribution in [2.24, 2.45) is 28.6 Å². The second-order valence-corrected chi connectivity index (χ2v) is 8.87. The minimum Gasteiger partial charge on any atom is -0.385 e. The molecule has 2 nitrogen and oxygen atoms in total. The van der Waals surface area contributed by atoms with Crippen LogP contribution in [0.3, 0.4) is 0 Å². The number of aliphatic hydroxyl groups excluding tert-OH is 1. The monoisotopic (exact) mass is 300 g/mol. The molecular weight excluding hydrogens is 272 g/mol. The fraction of sp³-hybridized carbons (Fsp3) is 0.750. The maximum atomic E-state index is 12.0. The first kappa shape index (κ1) is 14.7. The molecule has 1 unspecified atom stereocenters. The van der Waals surface area contributed by atoms with Gasteiger partial charge in [0.15, 0.2) is 5.78 Å². The molecule has 0 aromatic heterocycles. The minimum absolute atomic E-state index is 0.0444. The Labute approximate surface area is 133 Å². The second-order valence-electron chi connectivity index (χ2n) is 8.87. The van der Waals surface area contributed by atoms with Crippen molar-refractivity contribution >= 4 is 5.78 Å². The Bertz CT molecular complexity index is 574. The summed E-state index contributed by atoms with van der Waals surface area (Å²) < 4.78 is 0. The van der Waals surface area contributed by atoms with Gasteiger partial charge < -0.3 is 5.11 Å². The highest BCUT2D eigenvalue weighted by molar-refractivity contribution is 5.96. The lowest BCUT2D eigenvalue weighted by molar-refractivity contribution is -0.127. The summed E-state index contributed by atoms with van der Waals surface area (Å²) in [6.45, 7) is 9.11. The van der Waals surface area contributed by atoms with E-state index >= 15 is 0 Å². The van der Waals surface area contributed by atoms with E-state index in [2.05, 4.69) is 20.4 Å². The second kappa shape index (κ2) is 4.56. The molecule has 0 aromatic carbocycles. The van der Waals surface area contributed by atoms with Crippen LogP contribution in [0.4, 0.5) is 0 Å². The van der Waals surface area contributed by atoms with Crippen molar-refractivity contribution in [1.82, 2.24) is 0 Å². The van der Waals surface area contributed by atoms with Crippen molar-refractivity contribution in [2.75, 3.05) is 0 Å². The minimum atomic E-state index is -0.808.